The second-order valence-electron chi connectivity index (χ2n) is 5.29. The first-order valence-electron chi connectivity index (χ1n) is 7.36. The Morgan fingerprint density at radius 2 is 2.30 bits per heavy atom. The van der Waals surface area contributed by atoms with Gasteiger partial charge in [-0.2, -0.15) is 0 Å². The molecule has 2 unspecified atom stereocenters. The first-order valence-corrected chi connectivity index (χ1v) is 8.27. The molecule has 110 valence electrons. The topological polar surface area (TPSA) is 38.3 Å². The van der Waals surface area contributed by atoms with Gasteiger partial charge in [0.05, 0.1) is 6.61 Å². The van der Waals surface area contributed by atoms with Crippen molar-refractivity contribution in [2.45, 2.75) is 37.4 Å². The molecule has 1 amide bonds. The molecule has 0 radical (unpaired) electrons. The van der Waals surface area contributed by atoms with Crippen molar-refractivity contribution < 1.29 is 9.53 Å². The van der Waals surface area contributed by atoms with Crippen LogP contribution in [0.4, 0.5) is 0 Å². The van der Waals surface area contributed by atoms with Gasteiger partial charge in [-0.25, -0.2) is 0 Å². The number of carbonyl (C=O) groups excluding carboxylic acids is 1. The number of nitrogens with one attached hydrogen (secondary N) is 1. The number of amides is 1. The van der Waals surface area contributed by atoms with Gasteiger partial charge in [-0.05, 0) is 43.4 Å². The zero-order valence-corrected chi connectivity index (χ0v) is 13.5. The van der Waals surface area contributed by atoms with E-state index in [0.29, 0.717) is 22.9 Å². The van der Waals surface area contributed by atoms with Gasteiger partial charge in [-0.3, -0.25) is 4.79 Å². The molecule has 1 aliphatic rings. The van der Waals surface area contributed by atoms with Gasteiger partial charge < -0.3 is 10.1 Å². The maximum atomic E-state index is 12.2. The molecule has 0 aliphatic heterocycles. The van der Waals surface area contributed by atoms with Gasteiger partial charge in [0.2, 0.25) is 0 Å². The van der Waals surface area contributed by atoms with Gasteiger partial charge in [0, 0.05) is 16.9 Å². The van der Waals surface area contributed by atoms with Crippen LogP contribution in [0, 0.1) is 5.92 Å². The molecule has 0 aromatic heterocycles. The lowest BCUT2D eigenvalue weighted by molar-refractivity contribution is 0.0947. The molecule has 2 rings (SSSR count). The van der Waals surface area contributed by atoms with Crippen LogP contribution in [-0.2, 0) is 0 Å². The third-order valence-electron chi connectivity index (χ3n) is 3.66. The quantitative estimate of drug-likeness (QED) is 0.801. The highest BCUT2D eigenvalue weighted by Gasteiger charge is 2.25. The van der Waals surface area contributed by atoms with Crippen LogP contribution in [0.2, 0.25) is 0 Å². The summed E-state index contributed by atoms with van der Waals surface area (Å²) in [6.07, 6.45) is 4.61. The summed E-state index contributed by atoms with van der Waals surface area (Å²) in [6.45, 7) is 3.49. The van der Waals surface area contributed by atoms with E-state index in [1.165, 1.54) is 19.3 Å². The smallest absolute Gasteiger partial charge is 0.251 e. The number of carbonyl (C=O) groups is 1. The molecule has 1 N–H and O–H groups in total. The Kier molecular flexibility index (Phi) is 5.89. The van der Waals surface area contributed by atoms with Gasteiger partial charge in [0.1, 0.15) is 5.75 Å². The Morgan fingerprint density at radius 3 is 3.00 bits per heavy atom. The monoisotopic (exact) mass is 339 g/mol. The lowest BCUT2D eigenvalue weighted by atomic mass is 10.1. The third-order valence-corrected chi connectivity index (χ3v) is 4.87. The average molecular weight is 340 g/mol. The van der Waals surface area contributed by atoms with E-state index < -0.39 is 0 Å². The standard InChI is InChI=1S/C16H22BrNO2/c1-2-9-20-14-7-3-5-12(10-14)16(19)18-11-13-6-4-8-15(13)17/h3,5,7,10,13,15H,2,4,6,8-9,11H2,1H3,(H,18,19). The number of benzene rings is 1. The summed E-state index contributed by atoms with van der Waals surface area (Å²) >= 11 is 3.68. The van der Waals surface area contributed by atoms with Crippen LogP contribution in [0.3, 0.4) is 0 Å². The SMILES string of the molecule is CCCOc1cccc(C(=O)NCC2CCCC2Br)c1. The number of ether oxygens (including phenoxy) is 1. The maximum absolute atomic E-state index is 12.2. The maximum Gasteiger partial charge on any atom is 0.251 e. The predicted octanol–water partition coefficient (Wildman–Crippen LogP) is 3.77. The largest absolute Gasteiger partial charge is 0.494 e. The molecule has 0 heterocycles. The second-order valence-corrected chi connectivity index (χ2v) is 6.47. The Balaban J connectivity index is 1.88. The number of rotatable bonds is 6. The first kappa shape index (κ1) is 15.4. The van der Waals surface area contributed by atoms with E-state index in [1.807, 2.05) is 24.3 Å². The van der Waals surface area contributed by atoms with E-state index in [1.54, 1.807) is 0 Å². The minimum absolute atomic E-state index is 0.0152. The van der Waals surface area contributed by atoms with Crippen LogP contribution >= 0.6 is 15.9 Å². The molecular formula is C16H22BrNO2. The molecule has 1 aromatic rings. The Bertz CT molecular complexity index is 450. The second kappa shape index (κ2) is 7.67. The van der Waals surface area contributed by atoms with Crippen molar-refractivity contribution in [3.05, 3.63) is 29.8 Å². The normalized spacial score (nSPS) is 21.7. The molecule has 1 saturated carbocycles. The van der Waals surface area contributed by atoms with Crippen molar-refractivity contribution in [2.75, 3.05) is 13.2 Å². The summed E-state index contributed by atoms with van der Waals surface area (Å²) in [5, 5.41) is 3.03. The van der Waals surface area contributed by atoms with Crippen LogP contribution in [0.5, 0.6) is 5.75 Å². The van der Waals surface area contributed by atoms with E-state index in [-0.39, 0.29) is 5.91 Å². The Hall–Kier alpha value is -1.03. The van der Waals surface area contributed by atoms with E-state index >= 15 is 0 Å². The summed E-state index contributed by atoms with van der Waals surface area (Å²) in [6, 6.07) is 7.39. The van der Waals surface area contributed by atoms with Crippen molar-refractivity contribution in [3.63, 3.8) is 0 Å². The van der Waals surface area contributed by atoms with E-state index in [9.17, 15) is 4.79 Å². The minimum Gasteiger partial charge on any atom is -0.494 e. The first-order chi connectivity index (χ1) is 9.70. The lowest BCUT2D eigenvalue weighted by Crippen LogP contribution is -2.30. The van der Waals surface area contributed by atoms with Gasteiger partial charge in [-0.1, -0.05) is 35.3 Å². The number of hydrogen-bond acceptors (Lipinski definition) is 2. The van der Waals surface area contributed by atoms with E-state index in [4.69, 9.17) is 4.74 Å². The number of halogens is 1. The fraction of sp³-hybridized carbons (Fsp3) is 0.562. The Labute approximate surface area is 129 Å². The fourth-order valence-corrected chi connectivity index (χ4v) is 3.27. The molecule has 0 saturated heterocycles. The highest BCUT2D eigenvalue weighted by atomic mass is 79.9. The molecule has 3 nitrogen and oxygen atoms in total. The summed E-state index contributed by atoms with van der Waals surface area (Å²) in [5.74, 6) is 1.30. The predicted molar refractivity (Wildman–Crippen MR) is 84.6 cm³/mol. The van der Waals surface area contributed by atoms with Crippen LogP contribution < -0.4 is 10.1 Å². The van der Waals surface area contributed by atoms with Crippen molar-refractivity contribution >= 4 is 21.8 Å². The summed E-state index contributed by atoms with van der Waals surface area (Å²) in [7, 11) is 0. The van der Waals surface area contributed by atoms with Crippen molar-refractivity contribution in [1.82, 2.24) is 5.32 Å². The van der Waals surface area contributed by atoms with Crippen molar-refractivity contribution in [1.29, 1.82) is 0 Å². The molecule has 1 fully saturated rings. The molecule has 20 heavy (non-hydrogen) atoms. The number of alkyl halides is 1. The van der Waals surface area contributed by atoms with E-state index in [2.05, 4.69) is 28.2 Å². The van der Waals surface area contributed by atoms with Gasteiger partial charge in [-0.15, -0.1) is 0 Å². The van der Waals surface area contributed by atoms with Gasteiger partial charge in [0.15, 0.2) is 0 Å². The summed E-state index contributed by atoms with van der Waals surface area (Å²) in [5.41, 5.74) is 0.669. The molecule has 4 heteroatoms. The molecular weight excluding hydrogens is 318 g/mol. The minimum atomic E-state index is -0.0152. The molecule has 1 aliphatic carbocycles. The zero-order chi connectivity index (χ0) is 14.4. The Morgan fingerprint density at radius 1 is 1.45 bits per heavy atom. The third kappa shape index (κ3) is 4.23. The lowest BCUT2D eigenvalue weighted by Gasteiger charge is -2.15. The summed E-state index contributed by atoms with van der Waals surface area (Å²) in [4.78, 5) is 12.7. The van der Waals surface area contributed by atoms with Crippen LogP contribution in [0.1, 0.15) is 43.0 Å². The molecule has 2 atom stereocenters. The molecule has 0 spiro atoms. The van der Waals surface area contributed by atoms with Crippen molar-refractivity contribution in [3.8, 4) is 5.75 Å². The highest BCUT2D eigenvalue weighted by Crippen LogP contribution is 2.30. The zero-order valence-electron chi connectivity index (χ0n) is 11.9. The molecule has 1 aromatic carbocycles. The van der Waals surface area contributed by atoms with Gasteiger partial charge >= 0.3 is 0 Å². The fourth-order valence-electron chi connectivity index (χ4n) is 2.49. The van der Waals surface area contributed by atoms with Crippen molar-refractivity contribution in [2.24, 2.45) is 5.92 Å². The summed E-state index contributed by atoms with van der Waals surface area (Å²) < 4.78 is 5.55. The number of hydrogen-bond donors (Lipinski definition) is 1. The molecule has 0 bridgehead atoms. The highest BCUT2D eigenvalue weighted by molar-refractivity contribution is 9.09. The van der Waals surface area contributed by atoms with Crippen LogP contribution in [0.15, 0.2) is 24.3 Å². The van der Waals surface area contributed by atoms with Crippen LogP contribution in [-0.4, -0.2) is 23.9 Å². The van der Waals surface area contributed by atoms with E-state index in [0.717, 1.165) is 18.7 Å². The van der Waals surface area contributed by atoms with Crippen LogP contribution in [0.25, 0.3) is 0 Å². The average Bonchev–Trinajstić information content (AvgIpc) is 2.88. The van der Waals surface area contributed by atoms with Gasteiger partial charge in [0.25, 0.3) is 5.91 Å².